The lowest BCUT2D eigenvalue weighted by molar-refractivity contribution is -0.119. The Bertz CT molecular complexity index is 720. The molecule has 1 saturated heterocycles. The van der Waals surface area contributed by atoms with Crippen LogP contribution in [0.2, 0.25) is 0 Å². The summed E-state index contributed by atoms with van der Waals surface area (Å²) in [6, 6.07) is 12.8. The molecular weight excluding hydrogens is 344 g/mol. The van der Waals surface area contributed by atoms with Crippen molar-refractivity contribution in [2.24, 2.45) is 0 Å². The monoisotopic (exact) mass is 370 g/mol. The number of nitrogens with one attached hydrogen (secondary N) is 2. The standard InChI is InChI=1S/C20H26N4OS/c25-20(14-26-13-15-4-2-1-3-5-15)21-17-8-10-24(11-9-17)19-12-18(22-23-19)16-6-7-16/h1-5,12,16-17H,6-11,13-14H2,(H,21,25)(H,22,23). The molecule has 6 heteroatoms. The molecule has 0 atom stereocenters. The van der Waals surface area contributed by atoms with Crippen molar-refractivity contribution in [2.75, 3.05) is 23.7 Å². The highest BCUT2D eigenvalue weighted by molar-refractivity contribution is 7.99. The van der Waals surface area contributed by atoms with Crippen LogP contribution in [0.1, 0.15) is 42.9 Å². The molecule has 2 N–H and O–H groups in total. The SMILES string of the molecule is O=C(CSCc1ccccc1)NC1CCN(c2cc(C3CC3)[nH]n2)CC1. The Hall–Kier alpha value is -1.95. The van der Waals surface area contributed by atoms with Gasteiger partial charge in [0.1, 0.15) is 0 Å². The quantitative estimate of drug-likeness (QED) is 0.785. The average molecular weight is 371 g/mol. The number of piperidine rings is 1. The fraction of sp³-hybridized carbons (Fsp3) is 0.500. The number of thioether (sulfide) groups is 1. The van der Waals surface area contributed by atoms with Gasteiger partial charge in [-0.3, -0.25) is 9.89 Å². The first-order valence-corrected chi connectivity index (χ1v) is 10.6. The lowest BCUT2D eigenvalue weighted by atomic mass is 10.1. The number of carbonyl (C=O) groups is 1. The van der Waals surface area contributed by atoms with Gasteiger partial charge in [-0.05, 0) is 31.2 Å². The van der Waals surface area contributed by atoms with Gasteiger partial charge in [-0.1, -0.05) is 30.3 Å². The molecule has 2 aliphatic rings. The van der Waals surface area contributed by atoms with Gasteiger partial charge in [-0.2, -0.15) is 5.10 Å². The minimum absolute atomic E-state index is 0.153. The van der Waals surface area contributed by atoms with Crippen LogP contribution < -0.4 is 10.2 Å². The maximum Gasteiger partial charge on any atom is 0.230 e. The highest BCUT2D eigenvalue weighted by atomic mass is 32.2. The van der Waals surface area contributed by atoms with Crippen molar-refractivity contribution in [1.82, 2.24) is 15.5 Å². The van der Waals surface area contributed by atoms with Gasteiger partial charge < -0.3 is 10.2 Å². The molecule has 5 nitrogen and oxygen atoms in total. The zero-order valence-electron chi connectivity index (χ0n) is 15.0. The second-order valence-electron chi connectivity index (χ2n) is 7.26. The summed E-state index contributed by atoms with van der Waals surface area (Å²) in [5, 5.41) is 10.8. The number of nitrogens with zero attached hydrogens (tertiary/aromatic N) is 2. The van der Waals surface area contributed by atoms with Crippen LogP contribution in [0.15, 0.2) is 36.4 Å². The summed E-state index contributed by atoms with van der Waals surface area (Å²) in [5.74, 6) is 3.34. The molecule has 0 bridgehead atoms. The number of anilines is 1. The summed E-state index contributed by atoms with van der Waals surface area (Å²) >= 11 is 1.68. The first-order valence-electron chi connectivity index (χ1n) is 9.49. The van der Waals surface area contributed by atoms with E-state index in [0.717, 1.165) is 37.5 Å². The Kier molecular flexibility index (Phi) is 5.48. The summed E-state index contributed by atoms with van der Waals surface area (Å²) in [5.41, 5.74) is 2.55. The molecule has 1 aliphatic carbocycles. The van der Waals surface area contributed by atoms with Crippen LogP contribution in [0.5, 0.6) is 0 Å². The lowest BCUT2D eigenvalue weighted by Gasteiger charge is -2.32. The third kappa shape index (κ3) is 4.61. The highest BCUT2D eigenvalue weighted by Crippen LogP contribution is 2.40. The zero-order valence-corrected chi connectivity index (χ0v) is 15.8. The first kappa shape index (κ1) is 17.5. The van der Waals surface area contributed by atoms with E-state index in [-0.39, 0.29) is 11.9 Å². The van der Waals surface area contributed by atoms with Gasteiger partial charge >= 0.3 is 0 Å². The van der Waals surface area contributed by atoms with Gasteiger partial charge in [0.25, 0.3) is 0 Å². The maximum absolute atomic E-state index is 12.2. The van der Waals surface area contributed by atoms with E-state index in [9.17, 15) is 4.79 Å². The molecule has 1 amide bonds. The summed E-state index contributed by atoms with van der Waals surface area (Å²) in [4.78, 5) is 14.5. The molecule has 1 aromatic heterocycles. The van der Waals surface area contributed by atoms with E-state index in [0.29, 0.717) is 11.7 Å². The molecule has 4 rings (SSSR count). The smallest absolute Gasteiger partial charge is 0.230 e. The number of carbonyl (C=O) groups excluding carboxylic acids is 1. The third-order valence-electron chi connectivity index (χ3n) is 5.13. The summed E-state index contributed by atoms with van der Waals surface area (Å²) in [7, 11) is 0. The molecule has 0 radical (unpaired) electrons. The number of aromatic nitrogens is 2. The van der Waals surface area contributed by atoms with E-state index in [1.807, 2.05) is 18.2 Å². The minimum Gasteiger partial charge on any atom is -0.355 e. The lowest BCUT2D eigenvalue weighted by Crippen LogP contribution is -2.45. The Morgan fingerprint density at radius 2 is 1.96 bits per heavy atom. The van der Waals surface area contributed by atoms with Gasteiger partial charge in [-0.25, -0.2) is 0 Å². The van der Waals surface area contributed by atoms with Gasteiger partial charge in [0.15, 0.2) is 5.82 Å². The Labute approximate surface area is 158 Å². The minimum atomic E-state index is 0.153. The number of rotatable bonds is 7. The van der Waals surface area contributed by atoms with Crippen LogP contribution in [0.25, 0.3) is 0 Å². The number of H-pyrrole nitrogens is 1. The van der Waals surface area contributed by atoms with Crippen LogP contribution in [0, 0.1) is 0 Å². The van der Waals surface area contributed by atoms with E-state index in [4.69, 9.17) is 0 Å². The van der Waals surface area contributed by atoms with Crippen LogP contribution in [0.4, 0.5) is 5.82 Å². The molecule has 0 spiro atoms. The largest absolute Gasteiger partial charge is 0.355 e. The van der Waals surface area contributed by atoms with Gasteiger partial charge in [-0.15, -0.1) is 11.8 Å². The Balaban J connectivity index is 1.16. The normalized spacial score (nSPS) is 18.1. The summed E-state index contributed by atoms with van der Waals surface area (Å²) < 4.78 is 0. The number of hydrogen-bond donors (Lipinski definition) is 2. The van der Waals surface area contributed by atoms with Gasteiger partial charge in [0.2, 0.25) is 5.91 Å². The highest BCUT2D eigenvalue weighted by Gasteiger charge is 2.27. The second kappa shape index (κ2) is 8.16. The molecule has 138 valence electrons. The molecular formula is C20H26N4OS. The predicted molar refractivity (Wildman–Crippen MR) is 107 cm³/mol. The Morgan fingerprint density at radius 3 is 2.69 bits per heavy atom. The molecule has 1 aliphatic heterocycles. The van der Waals surface area contributed by atoms with Crippen LogP contribution in [0.3, 0.4) is 0 Å². The fourth-order valence-electron chi connectivity index (χ4n) is 3.45. The molecule has 1 saturated carbocycles. The number of hydrogen-bond acceptors (Lipinski definition) is 4. The van der Waals surface area contributed by atoms with Crippen LogP contribution in [-0.2, 0) is 10.5 Å². The van der Waals surface area contributed by atoms with E-state index < -0.39 is 0 Å². The average Bonchev–Trinajstić information content (AvgIpc) is 3.40. The topological polar surface area (TPSA) is 61.0 Å². The van der Waals surface area contributed by atoms with Crippen molar-refractivity contribution in [1.29, 1.82) is 0 Å². The van der Waals surface area contributed by atoms with E-state index in [1.165, 1.54) is 24.1 Å². The molecule has 1 aromatic carbocycles. The zero-order chi connectivity index (χ0) is 17.8. The van der Waals surface area contributed by atoms with Crippen molar-refractivity contribution >= 4 is 23.5 Å². The van der Waals surface area contributed by atoms with E-state index >= 15 is 0 Å². The third-order valence-corrected chi connectivity index (χ3v) is 6.13. The van der Waals surface area contributed by atoms with Crippen LogP contribution >= 0.6 is 11.8 Å². The van der Waals surface area contributed by atoms with Crippen LogP contribution in [-0.4, -0.2) is 41.0 Å². The van der Waals surface area contributed by atoms with Gasteiger partial charge in [0.05, 0.1) is 5.75 Å². The molecule has 2 aromatic rings. The molecule has 2 fully saturated rings. The van der Waals surface area contributed by atoms with E-state index in [1.54, 1.807) is 11.8 Å². The fourth-order valence-corrected chi connectivity index (χ4v) is 4.25. The number of benzene rings is 1. The Morgan fingerprint density at radius 1 is 1.19 bits per heavy atom. The second-order valence-corrected chi connectivity index (χ2v) is 8.25. The van der Waals surface area contributed by atoms with Crippen molar-refractivity contribution < 1.29 is 4.79 Å². The van der Waals surface area contributed by atoms with Crippen molar-refractivity contribution in [3.63, 3.8) is 0 Å². The number of aromatic amines is 1. The predicted octanol–water partition coefficient (Wildman–Crippen LogP) is 3.31. The van der Waals surface area contributed by atoms with Crippen molar-refractivity contribution in [3.05, 3.63) is 47.7 Å². The maximum atomic E-state index is 12.2. The molecule has 26 heavy (non-hydrogen) atoms. The van der Waals surface area contributed by atoms with Gasteiger partial charge in [0, 0.05) is 42.6 Å². The first-order chi connectivity index (χ1) is 12.8. The summed E-state index contributed by atoms with van der Waals surface area (Å²) in [6.45, 7) is 1.91. The summed E-state index contributed by atoms with van der Waals surface area (Å²) in [6.07, 6.45) is 4.55. The number of amides is 1. The van der Waals surface area contributed by atoms with Crippen molar-refractivity contribution in [2.45, 2.75) is 43.4 Å². The molecule has 2 heterocycles. The molecule has 0 unspecified atom stereocenters. The van der Waals surface area contributed by atoms with Crippen molar-refractivity contribution in [3.8, 4) is 0 Å². The van der Waals surface area contributed by atoms with E-state index in [2.05, 4.69) is 38.6 Å².